The second-order valence-electron chi connectivity index (χ2n) is 4.91. The van der Waals surface area contributed by atoms with Gasteiger partial charge in [-0.05, 0) is 19.2 Å². The smallest absolute Gasteiger partial charge is 0.317 e. The Labute approximate surface area is 118 Å². The first-order valence-corrected chi connectivity index (χ1v) is 6.33. The highest BCUT2D eigenvalue weighted by molar-refractivity contribution is 5.85. The van der Waals surface area contributed by atoms with Gasteiger partial charge in [-0.15, -0.1) is 12.4 Å². The molecule has 1 fully saturated rings. The van der Waals surface area contributed by atoms with Gasteiger partial charge in [-0.1, -0.05) is 18.2 Å². The van der Waals surface area contributed by atoms with Crippen molar-refractivity contribution < 1.29 is 14.3 Å². The zero-order valence-corrected chi connectivity index (χ0v) is 11.7. The molecule has 0 aromatic heterocycles. The summed E-state index contributed by atoms with van der Waals surface area (Å²) >= 11 is 0. The topological polar surface area (TPSA) is 47.6 Å². The van der Waals surface area contributed by atoms with Crippen LogP contribution in [0, 0.1) is 0 Å². The highest BCUT2D eigenvalue weighted by Gasteiger charge is 2.53. The summed E-state index contributed by atoms with van der Waals surface area (Å²) in [5, 5.41) is 3.31. The zero-order chi connectivity index (χ0) is 12.6. The quantitative estimate of drug-likeness (QED) is 0.800. The van der Waals surface area contributed by atoms with Gasteiger partial charge in [-0.25, -0.2) is 0 Å². The van der Waals surface area contributed by atoms with E-state index in [1.54, 1.807) is 0 Å². The number of benzene rings is 1. The number of hydrogen-bond donors (Lipinski definition) is 1. The molecule has 1 aromatic rings. The van der Waals surface area contributed by atoms with Crippen LogP contribution in [0.4, 0.5) is 0 Å². The SMILES string of the molecule is COC(=O)C1c2ccccc2OC12CCNCC2.Cl. The summed E-state index contributed by atoms with van der Waals surface area (Å²) in [7, 11) is 1.44. The van der Waals surface area contributed by atoms with E-state index in [2.05, 4.69) is 5.32 Å². The predicted molar refractivity (Wildman–Crippen MR) is 73.9 cm³/mol. The van der Waals surface area contributed by atoms with E-state index in [1.165, 1.54) is 7.11 Å². The molecular formula is C14H18ClNO3. The van der Waals surface area contributed by atoms with Gasteiger partial charge in [0.1, 0.15) is 17.3 Å². The molecular weight excluding hydrogens is 266 g/mol. The highest BCUT2D eigenvalue weighted by atomic mass is 35.5. The van der Waals surface area contributed by atoms with Crippen LogP contribution < -0.4 is 10.1 Å². The lowest BCUT2D eigenvalue weighted by Crippen LogP contribution is -2.49. The number of esters is 1. The molecule has 1 saturated heterocycles. The maximum absolute atomic E-state index is 12.1. The summed E-state index contributed by atoms with van der Waals surface area (Å²) in [6, 6.07) is 7.78. The van der Waals surface area contributed by atoms with E-state index < -0.39 is 5.60 Å². The van der Waals surface area contributed by atoms with Gasteiger partial charge in [-0.3, -0.25) is 4.79 Å². The Morgan fingerprint density at radius 2 is 2.05 bits per heavy atom. The van der Waals surface area contributed by atoms with E-state index in [0.29, 0.717) is 0 Å². The molecule has 3 rings (SSSR count). The number of ether oxygens (including phenoxy) is 2. The summed E-state index contributed by atoms with van der Waals surface area (Å²) in [6.45, 7) is 1.75. The first-order valence-electron chi connectivity index (χ1n) is 6.33. The minimum atomic E-state index is -0.415. The molecule has 0 saturated carbocycles. The third kappa shape index (κ3) is 2.19. The standard InChI is InChI=1S/C14H17NO3.ClH/c1-17-13(16)12-10-4-2-3-5-11(10)18-14(12)6-8-15-9-7-14;/h2-5,12,15H,6-9H2,1H3;1H. The molecule has 4 nitrogen and oxygen atoms in total. The van der Waals surface area contributed by atoms with Gasteiger partial charge < -0.3 is 14.8 Å². The minimum absolute atomic E-state index is 0. The van der Waals surface area contributed by atoms with Crippen LogP contribution in [-0.2, 0) is 9.53 Å². The van der Waals surface area contributed by atoms with Crippen molar-refractivity contribution in [3.05, 3.63) is 29.8 Å². The average molecular weight is 284 g/mol. The number of carbonyl (C=O) groups excluding carboxylic acids is 1. The molecule has 1 N–H and O–H groups in total. The van der Waals surface area contributed by atoms with E-state index in [4.69, 9.17) is 9.47 Å². The van der Waals surface area contributed by atoms with Gasteiger partial charge in [0.2, 0.25) is 0 Å². The fourth-order valence-electron chi connectivity index (χ4n) is 3.07. The van der Waals surface area contributed by atoms with Gasteiger partial charge in [0.25, 0.3) is 0 Å². The van der Waals surface area contributed by atoms with E-state index >= 15 is 0 Å². The lowest BCUT2D eigenvalue weighted by molar-refractivity contribution is -0.147. The third-order valence-electron chi connectivity index (χ3n) is 3.96. The molecule has 0 amide bonds. The number of piperidine rings is 1. The van der Waals surface area contributed by atoms with Crippen molar-refractivity contribution in [1.82, 2.24) is 5.32 Å². The molecule has 2 heterocycles. The van der Waals surface area contributed by atoms with Crippen LogP contribution in [0.15, 0.2) is 24.3 Å². The normalized spacial score (nSPS) is 23.1. The molecule has 0 bridgehead atoms. The van der Waals surface area contributed by atoms with Crippen LogP contribution in [-0.4, -0.2) is 31.8 Å². The highest BCUT2D eigenvalue weighted by Crippen LogP contribution is 2.49. The first kappa shape index (κ1) is 14.2. The Morgan fingerprint density at radius 1 is 1.37 bits per heavy atom. The Kier molecular flexibility index (Phi) is 4.02. The molecule has 1 atom stereocenters. The number of hydrogen-bond acceptors (Lipinski definition) is 4. The van der Waals surface area contributed by atoms with Gasteiger partial charge in [0, 0.05) is 18.4 Å². The fourth-order valence-corrected chi connectivity index (χ4v) is 3.07. The Bertz CT molecular complexity index is 472. The van der Waals surface area contributed by atoms with Crippen molar-refractivity contribution in [2.45, 2.75) is 24.4 Å². The number of methoxy groups -OCH3 is 1. The third-order valence-corrected chi connectivity index (χ3v) is 3.96. The summed E-state index contributed by atoms with van der Waals surface area (Å²) in [5.74, 6) is 0.345. The molecule has 1 unspecified atom stereocenters. The van der Waals surface area contributed by atoms with Crippen LogP contribution in [0.5, 0.6) is 5.75 Å². The molecule has 1 spiro atoms. The number of halogens is 1. The second kappa shape index (κ2) is 5.39. The fraction of sp³-hybridized carbons (Fsp3) is 0.500. The van der Waals surface area contributed by atoms with Gasteiger partial charge in [0.15, 0.2) is 0 Å². The van der Waals surface area contributed by atoms with Crippen molar-refractivity contribution in [2.24, 2.45) is 0 Å². The maximum Gasteiger partial charge on any atom is 0.317 e. The van der Waals surface area contributed by atoms with Crippen LogP contribution in [0.3, 0.4) is 0 Å². The zero-order valence-electron chi connectivity index (χ0n) is 10.8. The monoisotopic (exact) mass is 283 g/mol. The molecule has 2 aliphatic rings. The molecule has 0 aliphatic carbocycles. The predicted octanol–water partition coefficient (Wildman–Crippen LogP) is 1.88. The van der Waals surface area contributed by atoms with Crippen molar-refractivity contribution in [3.63, 3.8) is 0 Å². The van der Waals surface area contributed by atoms with E-state index in [-0.39, 0.29) is 24.3 Å². The summed E-state index contributed by atoms with van der Waals surface area (Å²) in [5.41, 5.74) is 0.549. The molecule has 5 heteroatoms. The van der Waals surface area contributed by atoms with Gasteiger partial charge in [-0.2, -0.15) is 0 Å². The van der Waals surface area contributed by atoms with Crippen molar-refractivity contribution >= 4 is 18.4 Å². The van der Waals surface area contributed by atoms with E-state index in [1.807, 2.05) is 24.3 Å². The molecule has 1 aromatic carbocycles. The van der Waals surface area contributed by atoms with E-state index in [0.717, 1.165) is 37.2 Å². The van der Waals surface area contributed by atoms with Crippen molar-refractivity contribution in [3.8, 4) is 5.75 Å². The molecule has 19 heavy (non-hydrogen) atoms. The maximum atomic E-state index is 12.1. The Morgan fingerprint density at radius 3 is 2.74 bits per heavy atom. The van der Waals surface area contributed by atoms with Crippen LogP contribution in [0.25, 0.3) is 0 Å². The lowest BCUT2D eigenvalue weighted by Gasteiger charge is -2.36. The van der Waals surface area contributed by atoms with Crippen molar-refractivity contribution in [2.75, 3.05) is 20.2 Å². The average Bonchev–Trinajstić information content (AvgIpc) is 2.72. The van der Waals surface area contributed by atoms with Crippen molar-refractivity contribution in [1.29, 1.82) is 0 Å². The summed E-state index contributed by atoms with van der Waals surface area (Å²) < 4.78 is 11.1. The Hall–Kier alpha value is -1.26. The molecule has 2 aliphatic heterocycles. The minimum Gasteiger partial charge on any atom is -0.486 e. The molecule has 0 radical (unpaired) electrons. The van der Waals surface area contributed by atoms with Gasteiger partial charge in [0.05, 0.1) is 7.11 Å². The van der Waals surface area contributed by atoms with Crippen LogP contribution >= 0.6 is 12.4 Å². The lowest BCUT2D eigenvalue weighted by atomic mass is 9.78. The molecule has 104 valence electrons. The number of rotatable bonds is 1. The largest absolute Gasteiger partial charge is 0.486 e. The number of nitrogens with one attached hydrogen (secondary N) is 1. The van der Waals surface area contributed by atoms with E-state index in [9.17, 15) is 4.79 Å². The number of para-hydroxylation sites is 1. The Balaban J connectivity index is 0.00000133. The van der Waals surface area contributed by atoms with Crippen LogP contribution in [0.1, 0.15) is 24.3 Å². The van der Waals surface area contributed by atoms with Crippen LogP contribution in [0.2, 0.25) is 0 Å². The number of carbonyl (C=O) groups is 1. The first-order chi connectivity index (χ1) is 8.77. The van der Waals surface area contributed by atoms with Gasteiger partial charge >= 0.3 is 5.97 Å². The summed E-state index contributed by atoms with van der Waals surface area (Å²) in [4.78, 5) is 12.1. The summed E-state index contributed by atoms with van der Waals surface area (Å²) in [6.07, 6.45) is 1.67. The second-order valence-corrected chi connectivity index (χ2v) is 4.91. The number of fused-ring (bicyclic) bond motifs is 1.